The van der Waals surface area contributed by atoms with Gasteiger partial charge in [-0.1, -0.05) is 61.4 Å². The Morgan fingerprint density at radius 2 is 1.77 bits per heavy atom. The van der Waals surface area contributed by atoms with Crippen molar-refractivity contribution in [3.8, 4) is 5.69 Å². The summed E-state index contributed by atoms with van der Waals surface area (Å²) in [6, 6.07) is 18.7. The number of carbonyl (C=O) groups excluding carboxylic acids is 1. The average molecular weight is 420 g/mol. The zero-order chi connectivity index (χ0) is 21.6. The van der Waals surface area contributed by atoms with E-state index in [1.165, 1.54) is 4.68 Å². The molecule has 0 aliphatic heterocycles. The summed E-state index contributed by atoms with van der Waals surface area (Å²) in [6.45, 7) is 0.515. The SMILES string of the molecule is NCC1CCCCC1C(=O)N[C@@H](Cc1ccccc1)c1nn(-c2ccccc2)c(=O)[nH]1. The van der Waals surface area contributed by atoms with E-state index in [1.807, 2.05) is 60.7 Å². The quantitative estimate of drug-likeness (QED) is 0.547. The van der Waals surface area contributed by atoms with Gasteiger partial charge in [0.25, 0.3) is 0 Å². The fourth-order valence-corrected chi connectivity index (χ4v) is 4.42. The largest absolute Gasteiger partial charge is 0.348 e. The van der Waals surface area contributed by atoms with E-state index in [1.54, 1.807) is 0 Å². The number of aromatic amines is 1. The van der Waals surface area contributed by atoms with Crippen LogP contribution in [0.4, 0.5) is 0 Å². The Morgan fingerprint density at radius 1 is 1.10 bits per heavy atom. The first-order valence-electron chi connectivity index (χ1n) is 10.9. The monoisotopic (exact) mass is 419 g/mol. The molecule has 3 aromatic rings. The molecule has 1 amide bonds. The predicted octanol–water partition coefficient (Wildman–Crippen LogP) is 2.73. The van der Waals surface area contributed by atoms with Crippen molar-refractivity contribution in [2.45, 2.75) is 38.1 Å². The maximum Gasteiger partial charge on any atom is 0.348 e. The molecule has 31 heavy (non-hydrogen) atoms. The molecule has 4 rings (SSSR count). The van der Waals surface area contributed by atoms with Gasteiger partial charge in [0.15, 0.2) is 5.82 Å². The van der Waals surface area contributed by atoms with Crippen LogP contribution in [-0.4, -0.2) is 27.2 Å². The molecule has 0 bridgehead atoms. The van der Waals surface area contributed by atoms with Gasteiger partial charge >= 0.3 is 5.69 Å². The maximum absolute atomic E-state index is 13.2. The Hall–Kier alpha value is -3.19. The maximum atomic E-state index is 13.2. The molecule has 1 fully saturated rings. The number of nitrogens with two attached hydrogens (primary N) is 1. The molecule has 1 heterocycles. The van der Waals surface area contributed by atoms with Gasteiger partial charge in [0.1, 0.15) is 0 Å². The van der Waals surface area contributed by atoms with E-state index in [9.17, 15) is 9.59 Å². The molecule has 0 spiro atoms. The van der Waals surface area contributed by atoms with E-state index in [-0.39, 0.29) is 23.4 Å². The van der Waals surface area contributed by atoms with Crippen LogP contribution in [0.1, 0.15) is 43.1 Å². The van der Waals surface area contributed by atoms with Crippen LogP contribution in [0.5, 0.6) is 0 Å². The van der Waals surface area contributed by atoms with Gasteiger partial charge in [-0.15, -0.1) is 5.10 Å². The third-order valence-electron chi connectivity index (χ3n) is 6.11. The zero-order valence-electron chi connectivity index (χ0n) is 17.5. The average Bonchev–Trinajstić information content (AvgIpc) is 3.21. The molecule has 162 valence electrons. The van der Waals surface area contributed by atoms with Crippen molar-refractivity contribution in [2.75, 3.05) is 6.54 Å². The minimum atomic E-state index is -0.437. The lowest BCUT2D eigenvalue weighted by Crippen LogP contribution is -2.41. The Labute approximate surface area is 181 Å². The van der Waals surface area contributed by atoms with E-state index in [0.717, 1.165) is 31.2 Å². The molecule has 1 saturated carbocycles. The fourth-order valence-electron chi connectivity index (χ4n) is 4.42. The summed E-state index contributed by atoms with van der Waals surface area (Å²) in [6.07, 6.45) is 4.53. The lowest BCUT2D eigenvalue weighted by Gasteiger charge is -2.30. The number of hydrogen-bond donors (Lipinski definition) is 3. The molecular formula is C24H29N5O2. The summed E-state index contributed by atoms with van der Waals surface area (Å²) in [7, 11) is 0. The minimum absolute atomic E-state index is 0.00816. The third-order valence-corrected chi connectivity index (χ3v) is 6.11. The van der Waals surface area contributed by atoms with Gasteiger partial charge in [-0.2, -0.15) is 4.68 Å². The number of benzene rings is 2. The van der Waals surface area contributed by atoms with Crippen molar-refractivity contribution in [3.05, 3.63) is 82.5 Å². The fraction of sp³-hybridized carbons (Fsp3) is 0.375. The molecular weight excluding hydrogens is 390 g/mol. The number of nitrogens with zero attached hydrogens (tertiary/aromatic N) is 2. The normalized spacial score (nSPS) is 19.6. The summed E-state index contributed by atoms with van der Waals surface area (Å²) in [4.78, 5) is 28.7. The van der Waals surface area contributed by atoms with Crippen LogP contribution < -0.4 is 16.7 Å². The number of H-pyrrole nitrogens is 1. The van der Waals surface area contributed by atoms with E-state index in [2.05, 4.69) is 15.4 Å². The number of carbonyl (C=O) groups is 1. The van der Waals surface area contributed by atoms with Crippen molar-refractivity contribution < 1.29 is 4.79 Å². The van der Waals surface area contributed by atoms with Crippen LogP contribution in [0.2, 0.25) is 0 Å². The highest BCUT2D eigenvalue weighted by atomic mass is 16.2. The topological polar surface area (TPSA) is 106 Å². The number of aromatic nitrogens is 3. The van der Waals surface area contributed by atoms with Crippen LogP contribution in [-0.2, 0) is 11.2 Å². The van der Waals surface area contributed by atoms with Gasteiger partial charge in [-0.3, -0.25) is 9.78 Å². The van der Waals surface area contributed by atoms with Crippen LogP contribution in [0.15, 0.2) is 65.5 Å². The first-order chi connectivity index (χ1) is 15.2. The Kier molecular flexibility index (Phi) is 6.62. The number of rotatable bonds is 7. The molecule has 7 heteroatoms. The molecule has 1 aliphatic carbocycles. The van der Waals surface area contributed by atoms with Gasteiger partial charge in [0.2, 0.25) is 5.91 Å². The summed E-state index contributed by atoms with van der Waals surface area (Å²) in [5, 5.41) is 7.69. The zero-order valence-corrected chi connectivity index (χ0v) is 17.5. The van der Waals surface area contributed by atoms with E-state index in [0.29, 0.717) is 24.5 Å². The Balaban J connectivity index is 1.62. The first-order valence-corrected chi connectivity index (χ1v) is 10.9. The second-order valence-corrected chi connectivity index (χ2v) is 8.20. The van der Waals surface area contributed by atoms with E-state index in [4.69, 9.17) is 5.73 Å². The van der Waals surface area contributed by atoms with Gasteiger partial charge in [0.05, 0.1) is 11.7 Å². The second kappa shape index (κ2) is 9.75. The summed E-state index contributed by atoms with van der Waals surface area (Å²) < 4.78 is 1.34. The first kappa shape index (κ1) is 21.1. The lowest BCUT2D eigenvalue weighted by molar-refractivity contribution is -0.128. The summed E-state index contributed by atoms with van der Waals surface area (Å²) in [5.74, 6) is 0.546. The predicted molar refractivity (Wildman–Crippen MR) is 120 cm³/mol. The van der Waals surface area contributed by atoms with Gasteiger partial charge in [-0.25, -0.2) is 4.79 Å². The lowest BCUT2D eigenvalue weighted by atomic mass is 9.78. The molecule has 1 aliphatic rings. The van der Waals surface area contributed by atoms with Gasteiger partial charge in [-0.05, 0) is 49.4 Å². The molecule has 2 aromatic carbocycles. The smallest absolute Gasteiger partial charge is 0.345 e. The molecule has 0 saturated heterocycles. The molecule has 7 nitrogen and oxygen atoms in total. The molecule has 3 atom stereocenters. The highest BCUT2D eigenvalue weighted by molar-refractivity contribution is 5.79. The highest BCUT2D eigenvalue weighted by Crippen LogP contribution is 2.30. The number of hydrogen-bond acceptors (Lipinski definition) is 4. The highest BCUT2D eigenvalue weighted by Gasteiger charge is 2.32. The molecule has 0 radical (unpaired) electrons. The van der Waals surface area contributed by atoms with E-state index >= 15 is 0 Å². The number of para-hydroxylation sites is 1. The van der Waals surface area contributed by atoms with Crippen molar-refractivity contribution >= 4 is 5.91 Å². The Bertz CT molecular complexity index is 1040. The van der Waals surface area contributed by atoms with Gasteiger partial charge in [0, 0.05) is 5.92 Å². The third kappa shape index (κ3) is 4.94. The molecule has 2 unspecified atom stereocenters. The van der Waals surface area contributed by atoms with Crippen molar-refractivity contribution in [3.63, 3.8) is 0 Å². The number of nitrogens with one attached hydrogen (secondary N) is 2. The van der Waals surface area contributed by atoms with Crippen molar-refractivity contribution in [1.82, 2.24) is 20.1 Å². The molecule has 1 aromatic heterocycles. The second-order valence-electron chi connectivity index (χ2n) is 8.20. The standard InChI is InChI=1S/C24H29N5O2/c25-16-18-11-7-8-14-20(18)23(30)26-21(15-17-9-3-1-4-10-17)22-27-24(31)29(28-22)19-12-5-2-6-13-19/h1-6,9-10,12-13,18,20-21H,7-8,11,14-16,25H2,(H,26,30)(H,27,28,31)/t18?,20?,21-/m0/s1. The Morgan fingerprint density at radius 3 is 2.48 bits per heavy atom. The van der Waals surface area contributed by atoms with E-state index < -0.39 is 6.04 Å². The van der Waals surface area contributed by atoms with Crippen LogP contribution in [0.3, 0.4) is 0 Å². The molecule has 4 N–H and O–H groups in total. The number of amides is 1. The van der Waals surface area contributed by atoms with Crippen LogP contribution in [0.25, 0.3) is 5.69 Å². The summed E-state index contributed by atoms with van der Waals surface area (Å²) >= 11 is 0. The summed E-state index contributed by atoms with van der Waals surface area (Å²) in [5.41, 5.74) is 7.35. The van der Waals surface area contributed by atoms with Crippen LogP contribution in [0, 0.1) is 11.8 Å². The van der Waals surface area contributed by atoms with Gasteiger partial charge < -0.3 is 11.1 Å². The van der Waals surface area contributed by atoms with Crippen molar-refractivity contribution in [2.24, 2.45) is 17.6 Å². The van der Waals surface area contributed by atoms with Crippen molar-refractivity contribution in [1.29, 1.82) is 0 Å². The minimum Gasteiger partial charge on any atom is -0.345 e. The van der Waals surface area contributed by atoms with Crippen LogP contribution >= 0.6 is 0 Å².